The van der Waals surface area contributed by atoms with Crippen molar-refractivity contribution < 1.29 is 14.5 Å². The summed E-state index contributed by atoms with van der Waals surface area (Å²) in [5.74, 6) is -0.186. The van der Waals surface area contributed by atoms with Gasteiger partial charge in [-0.05, 0) is 18.2 Å². The standard InChI is InChI=1S/C13H10ClN3O4/c1-21-11-6-8(2-3-10(11)17(19)20)13(18)16-12-7-9(14)4-5-15-12/h2-7H,1H3,(H,15,16,18). The summed E-state index contributed by atoms with van der Waals surface area (Å²) in [7, 11) is 1.29. The number of hydrogen-bond acceptors (Lipinski definition) is 5. The van der Waals surface area contributed by atoms with Crippen LogP contribution in [0.15, 0.2) is 36.5 Å². The van der Waals surface area contributed by atoms with Crippen molar-refractivity contribution in [1.82, 2.24) is 4.98 Å². The highest BCUT2D eigenvalue weighted by Crippen LogP contribution is 2.27. The number of rotatable bonds is 4. The fourth-order valence-electron chi connectivity index (χ4n) is 1.63. The fourth-order valence-corrected chi connectivity index (χ4v) is 1.79. The maximum absolute atomic E-state index is 12.1. The molecule has 0 saturated carbocycles. The molecule has 8 heteroatoms. The lowest BCUT2D eigenvalue weighted by molar-refractivity contribution is -0.385. The lowest BCUT2D eigenvalue weighted by Gasteiger charge is -2.06. The molecule has 0 unspecified atom stereocenters. The Labute approximate surface area is 124 Å². The summed E-state index contributed by atoms with van der Waals surface area (Å²) in [6, 6.07) is 6.89. The Morgan fingerprint density at radius 2 is 2.14 bits per heavy atom. The number of nitro benzene ring substituents is 1. The predicted octanol–water partition coefficient (Wildman–Crippen LogP) is 2.90. The van der Waals surface area contributed by atoms with Crippen LogP contribution in [0.1, 0.15) is 10.4 Å². The van der Waals surface area contributed by atoms with Gasteiger partial charge in [-0.3, -0.25) is 14.9 Å². The first kappa shape index (κ1) is 14.7. The van der Waals surface area contributed by atoms with Gasteiger partial charge in [-0.25, -0.2) is 4.98 Å². The van der Waals surface area contributed by atoms with E-state index in [2.05, 4.69) is 10.3 Å². The van der Waals surface area contributed by atoms with Gasteiger partial charge in [-0.1, -0.05) is 11.6 Å². The summed E-state index contributed by atoms with van der Waals surface area (Å²) in [6.07, 6.45) is 1.45. The second-order valence-corrected chi connectivity index (χ2v) is 4.39. The van der Waals surface area contributed by atoms with Crippen molar-refractivity contribution >= 4 is 29.0 Å². The molecule has 0 bridgehead atoms. The summed E-state index contributed by atoms with van der Waals surface area (Å²) in [4.78, 5) is 26.2. The molecule has 0 atom stereocenters. The van der Waals surface area contributed by atoms with E-state index in [4.69, 9.17) is 16.3 Å². The Morgan fingerprint density at radius 3 is 2.76 bits per heavy atom. The molecule has 0 radical (unpaired) electrons. The third kappa shape index (κ3) is 3.46. The van der Waals surface area contributed by atoms with Gasteiger partial charge >= 0.3 is 5.69 Å². The van der Waals surface area contributed by atoms with Crippen LogP contribution in [0.5, 0.6) is 5.75 Å². The Morgan fingerprint density at radius 1 is 1.38 bits per heavy atom. The SMILES string of the molecule is COc1cc(C(=O)Nc2cc(Cl)ccn2)ccc1[N+](=O)[O-]. The van der Waals surface area contributed by atoms with Gasteiger partial charge < -0.3 is 10.1 Å². The molecule has 1 N–H and O–H groups in total. The van der Waals surface area contributed by atoms with Crippen LogP contribution in [0.2, 0.25) is 5.02 Å². The molecule has 21 heavy (non-hydrogen) atoms. The quantitative estimate of drug-likeness (QED) is 0.692. The predicted molar refractivity (Wildman–Crippen MR) is 76.8 cm³/mol. The van der Waals surface area contributed by atoms with Crippen LogP contribution in [-0.2, 0) is 0 Å². The largest absolute Gasteiger partial charge is 0.490 e. The van der Waals surface area contributed by atoms with Crippen LogP contribution in [0.3, 0.4) is 0 Å². The number of ether oxygens (including phenoxy) is 1. The highest BCUT2D eigenvalue weighted by atomic mass is 35.5. The molecule has 0 aliphatic rings. The molecule has 1 amide bonds. The van der Waals surface area contributed by atoms with Crippen LogP contribution < -0.4 is 10.1 Å². The van der Waals surface area contributed by atoms with Crippen molar-refractivity contribution in [3.8, 4) is 5.75 Å². The Hall–Kier alpha value is -2.67. The third-order valence-electron chi connectivity index (χ3n) is 2.60. The average Bonchev–Trinajstić information content (AvgIpc) is 2.46. The van der Waals surface area contributed by atoms with E-state index < -0.39 is 10.8 Å². The van der Waals surface area contributed by atoms with E-state index in [1.54, 1.807) is 6.07 Å². The Bertz CT molecular complexity index is 706. The maximum Gasteiger partial charge on any atom is 0.310 e. The van der Waals surface area contributed by atoms with Crippen LogP contribution in [0.4, 0.5) is 11.5 Å². The monoisotopic (exact) mass is 307 g/mol. The van der Waals surface area contributed by atoms with Crippen LogP contribution in [-0.4, -0.2) is 22.9 Å². The molecule has 0 aliphatic heterocycles. The summed E-state index contributed by atoms with van der Waals surface area (Å²) < 4.78 is 4.91. The number of amides is 1. The molecule has 7 nitrogen and oxygen atoms in total. The van der Waals surface area contributed by atoms with Gasteiger partial charge in [0.25, 0.3) is 5.91 Å². The van der Waals surface area contributed by atoms with Gasteiger partial charge in [0, 0.05) is 28.9 Å². The van der Waals surface area contributed by atoms with Gasteiger partial charge in [0.05, 0.1) is 12.0 Å². The van der Waals surface area contributed by atoms with E-state index in [-0.39, 0.29) is 22.8 Å². The van der Waals surface area contributed by atoms with Crippen molar-refractivity contribution in [2.75, 3.05) is 12.4 Å². The molecule has 0 spiro atoms. The molecule has 2 rings (SSSR count). The van der Waals surface area contributed by atoms with E-state index in [1.165, 1.54) is 37.6 Å². The zero-order valence-corrected chi connectivity index (χ0v) is 11.6. The molecule has 0 fully saturated rings. The molecule has 1 heterocycles. The highest BCUT2D eigenvalue weighted by molar-refractivity contribution is 6.30. The van der Waals surface area contributed by atoms with Crippen molar-refractivity contribution in [3.63, 3.8) is 0 Å². The smallest absolute Gasteiger partial charge is 0.310 e. The summed E-state index contributed by atoms with van der Waals surface area (Å²) in [6.45, 7) is 0. The topological polar surface area (TPSA) is 94.4 Å². The minimum absolute atomic E-state index is 0.00621. The van der Waals surface area contributed by atoms with Crippen molar-refractivity contribution in [2.45, 2.75) is 0 Å². The first-order valence-corrected chi connectivity index (χ1v) is 6.14. The zero-order valence-electron chi connectivity index (χ0n) is 10.9. The second kappa shape index (κ2) is 6.19. The van der Waals surface area contributed by atoms with Crippen molar-refractivity contribution in [3.05, 3.63) is 57.2 Å². The molecule has 2 aromatic rings. The molecule has 108 valence electrons. The number of carbonyl (C=O) groups is 1. The fraction of sp³-hybridized carbons (Fsp3) is 0.0769. The zero-order chi connectivity index (χ0) is 15.4. The number of nitrogens with zero attached hydrogens (tertiary/aromatic N) is 2. The maximum atomic E-state index is 12.1. The number of nitrogens with one attached hydrogen (secondary N) is 1. The van der Waals surface area contributed by atoms with Crippen LogP contribution in [0.25, 0.3) is 0 Å². The second-order valence-electron chi connectivity index (χ2n) is 3.96. The van der Waals surface area contributed by atoms with E-state index in [9.17, 15) is 14.9 Å². The first-order chi connectivity index (χ1) is 10.0. The third-order valence-corrected chi connectivity index (χ3v) is 2.84. The van der Waals surface area contributed by atoms with Gasteiger partial charge in [0.15, 0.2) is 5.75 Å². The summed E-state index contributed by atoms with van der Waals surface area (Å²) in [5.41, 5.74) is -0.00541. The molecule has 1 aromatic carbocycles. The van der Waals surface area contributed by atoms with Gasteiger partial charge in [-0.2, -0.15) is 0 Å². The van der Waals surface area contributed by atoms with Crippen LogP contribution in [0, 0.1) is 10.1 Å². The molecular weight excluding hydrogens is 298 g/mol. The number of pyridine rings is 1. The number of methoxy groups -OCH3 is 1. The molecular formula is C13H10ClN3O4. The Kier molecular flexibility index (Phi) is 4.34. The van der Waals surface area contributed by atoms with E-state index in [0.29, 0.717) is 5.02 Å². The van der Waals surface area contributed by atoms with E-state index in [1.807, 2.05) is 0 Å². The van der Waals surface area contributed by atoms with Gasteiger partial charge in [0.1, 0.15) is 5.82 Å². The van der Waals surface area contributed by atoms with Gasteiger partial charge in [-0.15, -0.1) is 0 Å². The lowest BCUT2D eigenvalue weighted by Crippen LogP contribution is -2.13. The summed E-state index contributed by atoms with van der Waals surface area (Å²) >= 11 is 5.79. The number of hydrogen-bond donors (Lipinski definition) is 1. The number of halogens is 1. The minimum Gasteiger partial charge on any atom is -0.490 e. The van der Waals surface area contributed by atoms with Crippen LogP contribution >= 0.6 is 11.6 Å². The Balaban J connectivity index is 2.25. The van der Waals surface area contributed by atoms with Gasteiger partial charge in [0.2, 0.25) is 0 Å². The highest BCUT2D eigenvalue weighted by Gasteiger charge is 2.17. The molecule has 1 aromatic heterocycles. The van der Waals surface area contributed by atoms with Crippen molar-refractivity contribution in [1.29, 1.82) is 0 Å². The first-order valence-electron chi connectivity index (χ1n) is 5.76. The van der Waals surface area contributed by atoms with E-state index >= 15 is 0 Å². The number of nitro groups is 1. The minimum atomic E-state index is -0.584. The summed E-state index contributed by atoms with van der Waals surface area (Å²) in [5, 5.41) is 13.8. The number of anilines is 1. The lowest BCUT2D eigenvalue weighted by atomic mass is 10.1. The number of benzene rings is 1. The molecule has 0 saturated heterocycles. The average molecular weight is 308 g/mol. The number of carbonyl (C=O) groups excluding carboxylic acids is 1. The van der Waals surface area contributed by atoms with Crippen molar-refractivity contribution in [2.24, 2.45) is 0 Å². The normalized spacial score (nSPS) is 10.0. The molecule has 0 aliphatic carbocycles. The number of aromatic nitrogens is 1. The van der Waals surface area contributed by atoms with E-state index in [0.717, 1.165) is 0 Å².